The molecule has 0 radical (unpaired) electrons. The lowest BCUT2D eigenvalue weighted by Gasteiger charge is -2.43. The SMILES string of the molecule is Br.CCCCCCCC/C=C\CCCCCCCC(=O)OC(CC)(OC(=O)CCCCCCC/C=C\CCCCCCCC)C(CO)C(C)(C)N. The van der Waals surface area contributed by atoms with E-state index in [1.807, 2.05) is 6.92 Å². The number of aliphatic hydroxyl groups excluding tert-OH is 1. The van der Waals surface area contributed by atoms with E-state index in [9.17, 15) is 14.7 Å². The third kappa shape index (κ3) is 29.9. The number of rotatable bonds is 36. The van der Waals surface area contributed by atoms with Crippen LogP contribution in [0.2, 0.25) is 0 Å². The van der Waals surface area contributed by atoms with E-state index in [2.05, 4.69) is 38.2 Å². The minimum Gasteiger partial charge on any atom is -0.422 e. The Hall–Kier alpha value is -1.18. The molecule has 0 aromatic heterocycles. The van der Waals surface area contributed by atoms with Gasteiger partial charge in [0.05, 0.1) is 12.5 Å². The molecule has 0 bridgehead atoms. The number of hydrogen-bond acceptors (Lipinski definition) is 6. The molecule has 1 unspecified atom stereocenters. The summed E-state index contributed by atoms with van der Waals surface area (Å²) in [6.45, 7) is 9.53. The van der Waals surface area contributed by atoms with Gasteiger partial charge in [-0.3, -0.25) is 9.59 Å². The molecule has 0 aliphatic heterocycles. The second-order valence-corrected chi connectivity index (χ2v) is 15.3. The molecule has 0 spiro atoms. The number of ether oxygens (including phenoxy) is 2. The Morgan fingerprint density at radius 1 is 0.549 bits per heavy atom. The lowest BCUT2D eigenvalue weighted by Crippen LogP contribution is -2.59. The Labute approximate surface area is 326 Å². The van der Waals surface area contributed by atoms with Crippen LogP contribution in [-0.4, -0.2) is 35.0 Å². The maximum absolute atomic E-state index is 13.0. The van der Waals surface area contributed by atoms with E-state index in [4.69, 9.17) is 15.2 Å². The number of allylic oxidation sites excluding steroid dienone is 4. The molecule has 0 saturated heterocycles. The van der Waals surface area contributed by atoms with Gasteiger partial charge >= 0.3 is 11.9 Å². The molecule has 0 aliphatic rings. The summed E-state index contributed by atoms with van der Waals surface area (Å²) in [5.74, 6) is -3.12. The highest BCUT2D eigenvalue weighted by atomic mass is 79.9. The van der Waals surface area contributed by atoms with Gasteiger partial charge in [0.15, 0.2) is 0 Å². The number of nitrogens with two attached hydrogens (primary N) is 1. The highest BCUT2D eigenvalue weighted by Gasteiger charge is 2.50. The van der Waals surface area contributed by atoms with Gasteiger partial charge in [-0.05, 0) is 78.1 Å². The maximum atomic E-state index is 13.0. The summed E-state index contributed by atoms with van der Waals surface area (Å²) in [5.41, 5.74) is 5.50. The molecule has 0 heterocycles. The molecular formula is C44H84BrNO5. The van der Waals surface area contributed by atoms with Crippen LogP contribution in [0.3, 0.4) is 0 Å². The molecule has 7 heteroatoms. The molecule has 6 nitrogen and oxygen atoms in total. The first-order chi connectivity index (χ1) is 24.2. The minimum absolute atomic E-state index is 0. The predicted molar refractivity (Wildman–Crippen MR) is 223 cm³/mol. The number of hydrogen-bond donors (Lipinski definition) is 2. The van der Waals surface area contributed by atoms with Gasteiger partial charge in [-0.25, -0.2) is 0 Å². The largest absolute Gasteiger partial charge is 0.422 e. The fourth-order valence-corrected chi connectivity index (χ4v) is 6.66. The van der Waals surface area contributed by atoms with Crippen molar-refractivity contribution in [2.24, 2.45) is 11.7 Å². The van der Waals surface area contributed by atoms with Gasteiger partial charge in [0.25, 0.3) is 5.79 Å². The number of carbonyl (C=O) groups is 2. The number of aliphatic hydroxyl groups is 1. The first kappa shape index (κ1) is 51.9. The fraction of sp³-hybridized carbons (Fsp3) is 0.864. The molecule has 0 rings (SSSR count). The average molecular weight is 787 g/mol. The molecule has 0 fully saturated rings. The van der Waals surface area contributed by atoms with Crippen molar-refractivity contribution >= 4 is 28.9 Å². The number of carbonyl (C=O) groups excluding carboxylic acids is 2. The summed E-state index contributed by atoms with van der Waals surface area (Å²) in [6, 6.07) is 0. The van der Waals surface area contributed by atoms with E-state index in [1.165, 1.54) is 103 Å². The quantitative estimate of drug-likeness (QED) is 0.0284. The van der Waals surface area contributed by atoms with Crippen LogP contribution in [-0.2, 0) is 19.1 Å². The molecule has 51 heavy (non-hydrogen) atoms. The standard InChI is InChI=1S/C44H83NO5.BrH/c1-6-9-11-13-15-17-19-21-23-25-27-29-31-33-35-37-41(47)49-44(8-3,40(39-46)43(4,5)45)50-42(48)38-36-34-32-30-28-26-24-22-20-18-16-14-12-10-7-2;/h21-24,40,46H,6-20,25-39,45H2,1-5H3;1H/b23-21-,24-22-;. The normalized spacial score (nSPS) is 12.8. The van der Waals surface area contributed by atoms with Gasteiger partial charge in [0.2, 0.25) is 0 Å². The van der Waals surface area contributed by atoms with Crippen LogP contribution in [0.15, 0.2) is 24.3 Å². The molecule has 1 atom stereocenters. The summed E-state index contributed by atoms with van der Waals surface area (Å²) >= 11 is 0. The Morgan fingerprint density at radius 2 is 0.843 bits per heavy atom. The molecule has 0 aliphatic carbocycles. The molecule has 3 N–H and O–H groups in total. The zero-order chi connectivity index (χ0) is 37.2. The Morgan fingerprint density at radius 3 is 1.12 bits per heavy atom. The van der Waals surface area contributed by atoms with E-state index < -0.39 is 29.2 Å². The van der Waals surface area contributed by atoms with E-state index in [0.717, 1.165) is 64.2 Å². The number of halogens is 1. The summed E-state index contributed by atoms with van der Waals surface area (Å²) in [5, 5.41) is 10.3. The monoisotopic (exact) mass is 786 g/mol. The third-order valence-corrected chi connectivity index (χ3v) is 9.96. The van der Waals surface area contributed by atoms with Crippen LogP contribution in [0.5, 0.6) is 0 Å². The van der Waals surface area contributed by atoms with E-state index in [0.29, 0.717) is 0 Å². The molecule has 0 aromatic rings. The highest BCUT2D eigenvalue weighted by Crippen LogP contribution is 2.35. The minimum atomic E-state index is -1.58. The highest BCUT2D eigenvalue weighted by molar-refractivity contribution is 8.93. The molecule has 0 saturated carbocycles. The molecule has 0 amide bonds. The Balaban J connectivity index is 0. The first-order valence-corrected chi connectivity index (χ1v) is 21.3. The van der Waals surface area contributed by atoms with E-state index in [1.54, 1.807) is 13.8 Å². The fourth-order valence-electron chi connectivity index (χ4n) is 6.66. The predicted octanol–water partition coefficient (Wildman–Crippen LogP) is 13.2. The molecular weight excluding hydrogens is 702 g/mol. The van der Waals surface area contributed by atoms with Crippen molar-refractivity contribution in [2.75, 3.05) is 6.61 Å². The Bertz CT molecular complexity index is 799. The van der Waals surface area contributed by atoms with Crippen molar-refractivity contribution in [1.29, 1.82) is 0 Å². The first-order valence-electron chi connectivity index (χ1n) is 21.3. The van der Waals surface area contributed by atoms with Crippen LogP contribution in [0.4, 0.5) is 0 Å². The second kappa shape index (κ2) is 35.8. The van der Waals surface area contributed by atoms with Crippen molar-refractivity contribution in [3.05, 3.63) is 24.3 Å². The van der Waals surface area contributed by atoms with Crippen LogP contribution in [0.1, 0.15) is 221 Å². The van der Waals surface area contributed by atoms with Crippen LogP contribution >= 0.6 is 17.0 Å². The van der Waals surface area contributed by atoms with Gasteiger partial charge in [-0.1, -0.05) is 148 Å². The van der Waals surface area contributed by atoms with E-state index >= 15 is 0 Å². The Kier molecular flexibility index (Phi) is 36.5. The molecule has 302 valence electrons. The summed E-state index contributed by atoms with van der Waals surface area (Å²) < 4.78 is 11.9. The van der Waals surface area contributed by atoms with Crippen LogP contribution in [0.25, 0.3) is 0 Å². The zero-order valence-corrected chi connectivity index (χ0v) is 35.9. The van der Waals surface area contributed by atoms with Crippen LogP contribution < -0.4 is 5.73 Å². The number of esters is 2. The topological polar surface area (TPSA) is 98.8 Å². The summed E-state index contributed by atoms with van der Waals surface area (Å²) in [6.07, 6.45) is 41.0. The lowest BCUT2D eigenvalue weighted by atomic mass is 9.80. The van der Waals surface area contributed by atoms with Gasteiger partial charge in [-0.2, -0.15) is 0 Å². The lowest BCUT2D eigenvalue weighted by molar-refractivity contribution is -0.260. The smallest absolute Gasteiger partial charge is 0.309 e. The summed E-state index contributed by atoms with van der Waals surface area (Å²) in [4.78, 5) is 26.1. The number of unbranched alkanes of at least 4 members (excludes halogenated alkanes) is 22. The van der Waals surface area contributed by atoms with Crippen molar-refractivity contribution in [2.45, 2.75) is 232 Å². The van der Waals surface area contributed by atoms with E-state index in [-0.39, 0.29) is 42.9 Å². The van der Waals surface area contributed by atoms with Crippen LogP contribution in [0, 0.1) is 5.92 Å². The zero-order valence-electron chi connectivity index (χ0n) is 34.2. The second-order valence-electron chi connectivity index (χ2n) is 15.3. The third-order valence-electron chi connectivity index (χ3n) is 9.96. The van der Waals surface area contributed by atoms with Gasteiger partial charge < -0.3 is 20.3 Å². The maximum Gasteiger partial charge on any atom is 0.309 e. The van der Waals surface area contributed by atoms with Gasteiger partial charge in [0.1, 0.15) is 0 Å². The van der Waals surface area contributed by atoms with Crippen molar-refractivity contribution in [1.82, 2.24) is 0 Å². The molecule has 0 aromatic carbocycles. The summed E-state index contributed by atoms with van der Waals surface area (Å²) in [7, 11) is 0. The average Bonchev–Trinajstić information content (AvgIpc) is 3.07. The van der Waals surface area contributed by atoms with Gasteiger partial charge in [-0.15, -0.1) is 17.0 Å². The van der Waals surface area contributed by atoms with Crippen molar-refractivity contribution in [3.8, 4) is 0 Å². The van der Waals surface area contributed by atoms with Gasteiger partial charge in [0, 0.05) is 24.8 Å². The van der Waals surface area contributed by atoms with Crippen molar-refractivity contribution in [3.63, 3.8) is 0 Å². The van der Waals surface area contributed by atoms with Crippen molar-refractivity contribution < 1.29 is 24.2 Å².